The van der Waals surface area contributed by atoms with E-state index in [0.29, 0.717) is 24.3 Å². The highest BCUT2D eigenvalue weighted by atomic mass is 32.2. The predicted molar refractivity (Wildman–Crippen MR) is 128 cm³/mol. The molecule has 14 heteroatoms. The van der Waals surface area contributed by atoms with Crippen molar-refractivity contribution < 1.29 is 29.1 Å². The molecule has 194 valence electrons. The number of carboxylic acid groups (broad SMARTS) is 1. The predicted octanol–water partition coefficient (Wildman–Crippen LogP) is -1.74. The Morgan fingerprint density at radius 1 is 1.14 bits per heavy atom. The lowest BCUT2D eigenvalue weighted by Crippen LogP contribution is -2.57. The molecular formula is C21H33N7O6S. The first-order chi connectivity index (χ1) is 16.7. The lowest BCUT2D eigenvalue weighted by Gasteiger charge is -2.25. The SMILES string of the molecule is CSCCC(NC(=O)C1CCCN1)C(=O)NC(Cc1cnc[nH]1)C(=O)NC(CCC(N)=O)C(=O)O. The van der Waals surface area contributed by atoms with Crippen LogP contribution in [0.2, 0.25) is 0 Å². The molecule has 1 aliphatic rings. The Hall–Kier alpha value is -3.13. The van der Waals surface area contributed by atoms with E-state index in [1.165, 1.54) is 24.3 Å². The van der Waals surface area contributed by atoms with Crippen LogP contribution >= 0.6 is 11.8 Å². The molecule has 2 heterocycles. The molecule has 0 aromatic carbocycles. The van der Waals surface area contributed by atoms with Crippen LogP contribution in [0.5, 0.6) is 0 Å². The van der Waals surface area contributed by atoms with Gasteiger partial charge < -0.3 is 37.1 Å². The van der Waals surface area contributed by atoms with Gasteiger partial charge in [-0.3, -0.25) is 19.2 Å². The Morgan fingerprint density at radius 2 is 1.86 bits per heavy atom. The molecule has 0 radical (unpaired) electrons. The number of hydrogen-bond acceptors (Lipinski definition) is 8. The van der Waals surface area contributed by atoms with Crippen molar-refractivity contribution in [2.75, 3.05) is 18.6 Å². The summed E-state index contributed by atoms with van der Waals surface area (Å²) in [6.45, 7) is 0.729. The maximum absolute atomic E-state index is 13.1. The number of nitrogens with one attached hydrogen (secondary N) is 5. The summed E-state index contributed by atoms with van der Waals surface area (Å²) in [6, 6.07) is -3.77. The summed E-state index contributed by atoms with van der Waals surface area (Å²) >= 11 is 1.51. The zero-order valence-corrected chi connectivity index (χ0v) is 20.4. The minimum atomic E-state index is -1.36. The monoisotopic (exact) mass is 511 g/mol. The third-order valence-electron chi connectivity index (χ3n) is 5.53. The van der Waals surface area contributed by atoms with Crippen LogP contribution in [-0.2, 0) is 30.4 Å². The van der Waals surface area contributed by atoms with E-state index in [1.54, 1.807) is 0 Å². The van der Waals surface area contributed by atoms with Gasteiger partial charge in [0, 0.05) is 24.7 Å². The number of primary amides is 1. The number of imidazole rings is 1. The van der Waals surface area contributed by atoms with Crippen molar-refractivity contribution in [2.24, 2.45) is 5.73 Å². The van der Waals surface area contributed by atoms with Gasteiger partial charge in [0.2, 0.25) is 23.6 Å². The van der Waals surface area contributed by atoms with Crippen molar-refractivity contribution in [3.8, 4) is 0 Å². The van der Waals surface area contributed by atoms with Crippen LogP contribution in [0.25, 0.3) is 0 Å². The van der Waals surface area contributed by atoms with Crippen LogP contribution in [0.4, 0.5) is 0 Å². The number of carboxylic acids is 1. The van der Waals surface area contributed by atoms with Gasteiger partial charge in [0.05, 0.1) is 12.4 Å². The van der Waals surface area contributed by atoms with Gasteiger partial charge in [0.25, 0.3) is 0 Å². The standard InChI is InChI=1S/C21H33N7O6S/c1-35-8-6-14(26-18(30)13-3-2-7-24-13)19(31)28-16(9-12-10-23-11-25-12)20(32)27-15(21(33)34)4-5-17(22)29/h10-11,13-16,24H,2-9H2,1H3,(H2,22,29)(H,23,25)(H,26,30)(H,27,32)(H,28,31)(H,33,34). The summed E-state index contributed by atoms with van der Waals surface area (Å²) in [4.78, 5) is 68.1. The first kappa shape index (κ1) is 28.1. The fourth-order valence-corrected chi connectivity index (χ4v) is 4.07. The minimum absolute atomic E-state index is 0.00705. The summed E-state index contributed by atoms with van der Waals surface area (Å²) in [5.41, 5.74) is 5.63. The Labute approximate surface area is 207 Å². The zero-order chi connectivity index (χ0) is 25.8. The normalized spacial score (nSPS) is 17.7. The Morgan fingerprint density at radius 3 is 2.43 bits per heavy atom. The maximum atomic E-state index is 13.1. The second-order valence-electron chi connectivity index (χ2n) is 8.24. The third kappa shape index (κ3) is 9.56. The molecule has 0 aliphatic carbocycles. The molecule has 1 aliphatic heterocycles. The molecule has 0 saturated carbocycles. The van der Waals surface area contributed by atoms with E-state index < -0.39 is 41.8 Å². The van der Waals surface area contributed by atoms with Crippen molar-refractivity contribution in [2.45, 2.75) is 62.7 Å². The number of hydrogen-bond donors (Lipinski definition) is 7. The quantitative estimate of drug-likeness (QED) is 0.142. The van der Waals surface area contributed by atoms with Crippen LogP contribution < -0.4 is 27.0 Å². The van der Waals surface area contributed by atoms with Gasteiger partial charge in [-0.1, -0.05) is 0 Å². The zero-order valence-electron chi connectivity index (χ0n) is 19.5. The number of H-pyrrole nitrogens is 1. The van der Waals surface area contributed by atoms with Gasteiger partial charge in [-0.05, 0) is 44.2 Å². The number of thioether (sulfide) groups is 1. The number of amides is 4. The number of nitrogens with zero attached hydrogens (tertiary/aromatic N) is 1. The Kier molecular flexibility index (Phi) is 11.5. The van der Waals surface area contributed by atoms with Crippen molar-refractivity contribution >= 4 is 41.4 Å². The topological polar surface area (TPSA) is 208 Å². The number of carbonyl (C=O) groups excluding carboxylic acids is 4. The molecule has 0 bridgehead atoms. The number of carbonyl (C=O) groups is 5. The van der Waals surface area contributed by atoms with Crippen LogP contribution in [0, 0.1) is 0 Å². The average molecular weight is 512 g/mol. The van der Waals surface area contributed by atoms with E-state index in [4.69, 9.17) is 5.73 Å². The third-order valence-corrected chi connectivity index (χ3v) is 6.17. The molecule has 2 rings (SSSR count). The van der Waals surface area contributed by atoms with E-state index in [1.807, 2.05) is 6.26 Å². The van der Waals surface area contributed by atoms with Gasteiger partial charge in [0.15, 0.2) is 0 Å². The highest BCUT2D eigenvalue weighted by Crippen LogP contribution is 2.09. The smallest absolute Gasteiger partial charge is 0.326 e. The van der Waals surface area contributed by atoms with Gasteiger partial charge in [-0.25, -0.2) is 9.78 Å². The maximum Gasteiger partial charge on any atom is 0.326 e. The van der Waals surface area contributed by atoms with Gasteiger partial charge >= 0.3 is 5.97 Å². The van der Waals surface area contributed by atoms with E-state index in [-0.39, 0.29) is 31.2 Å². The van der Waals surface area contributed by atoms with E-state index in [9.17, 15) is 29.1 Å². The fourth-order valence-electron chi connectivity index (χ4n) is 3.60. The number of aliphatic carboxylic acids is 1. The van der Waals surface area contributed by atoms with Gasteiger partial charge in [-0.15, -0.1) is 0 Å². The second kappa shape index (κ2) is 14.3. The molecule has 4 unspecified atom stereocenters. The molecule has 0 spiro atoms. The van der Waals surface area contributed by atoms with E-state index in [0.717, 1.165) is 13.0 Å². The van der Waals surface area contributed by atoms with Crippen LogP contribution in [0.15, 0.2) is 12.5 Å². The van der Waals surface area contributed by atoms with Crippen LogP contribution in [0.3, 0.4) is 0 Å². The molecule has 1 aromatic rings. The number of nitrogens with two attached hydrogens (primary N) is 1. The van der Waals surface area contributed by atoms with E-state index >= 15 is 0 Å². The number of aromatic amines is 1. The molecule has 1 saturated heterocycles. The first-order valence-electron chi connectivity index (χ1n) is 11.3. The summed E-state index contributed by atoms with van der Waals surface area (Å²) < 4.78 is 0. The average Bonchev–Trinajstić information content (AvgIpc) is 3.52. The van der Waals surface area contributed by atoms with Crippen molar-refractivity contribution in [1.82, 2.24) is 31.2 Å². The molecule has 1 aromatic heterocycles. The Balaban J connectivity index is 2.13. The molecule has 8 N–H and O–H groups in total. The Bertz CT molecular complexity index is 876. The van der Waals surface area contributed by atoms with Crippen molar-refractivity contribution in [3.63, 3.8) is 0 Å². The van der Waals surface area contributed by atoms with Crippen LogP contribution in [-0.4, -0.2) is 87.4 Å². The van der Waals surface area contributed by atoms with Crippen molar-refractivity contribution in [1.29, 1.82) is 0 Å². The summed E-state index contributed by atoms with van der Waals surface area (Å²) in [5.74, 6) is -3.03. The highest BCUT2D eigenvalue weighted by Gasteiger charge is 2.31. The summed E-state index contributed by atoms with van der Waals surface area (Å²) in [5, 5.41) is 20.3. The molecule has 13 nitrogen and oxygen atoms in total. The fraction of sp³-hybridized carbons (Fsp3) is 0.619. The number of aromatic nitrogens is 2. The molecular weight excluding hydrogens is 478 g/mol. The van der Waals surface area contributed by atoms with Gasteiger partial charge in [-0.2, -0.15) is 11.8 Å². The first-order valence-corrected chi connectivity index (χ1v) is 12.7. The van der Waals surface area contributed by atoms with Gasteiger partial charge in [0.1, 0.15) is 18.1 Å². The lowest BCUT2D eigenvalue weighted by molar-refractivity contribution is -0.142. The summed E-state index contributed by atoms with van der Waals surface area (Å²) in [7, 11) is 0. The van der Waals surface area contributed by atoms with Crippen molar-refractivity contribution in [3.05, 3.63) is 18.2 Å². The van der Waals surface area contributed by atoms with E-state index in [2.05, 4.69) is 31.2 Å². The molecule has 4 atom stereocenters. The number of rotatable bonds is 15. The second-order valence-corrected chi connectivity index (χ2v) is 9.22. The lowest BCUT2D eigenvalue weighted by atomic mass is 10.1. The molecule has 4 amide bonds. The van der Waals surface area contributed by atoms with Crippen LogP contribution in [0.1, 0.15) is 37.8 Å². The largest absolute Gasteiger partial charge is 0.480 e. The highest BCUT2D eigenvalue weighted by molar-refractivity contribution is 7.98. The summed E-state index contributed by atoms with van der Waals surface area (Å²) in [6.07, 6.45) is 6.24. The molecule has 1 fully saturated rings. The minimum Gasteiger partial charge on any atom is -0.480 e. The molecule has 35 heavy (non-hydrogen) atoms.